The molecule has 4 rings (SSSR count). The Kier molecular flexibility index (Phi) is 7.95. The van der Waals surface area contributed by atoms with E-state index >= 15 is 0 Å². The number of hydrogen-bond donors (Lipinski definition) is 1. The molecule has 0 bridgehead atoms. The van der Waals surface area contributed by atoms with E-state index in [2.05, 4.69) is 66.2 Å². The van der Waals surface area contributed by atoms with Gasteiger partial charge in [0.1, 0.15) is 12.3 Å². The molecular formula is C24H20BrCl2N5O2. The van der Waals surface area contributed by atoms with Gasteiger partial charge in [-0.2, -0.15) is 0 Å². The highest BCUT2D eigenvalue weighted by Gasteiger charge is 2.11. The number of nitrogens with zero attached hydrogens (tertiary/aromatic N) is 5. The lowest BCUT2D eigenvalue weighted by molar-refractivity contribution is 0.276. The van der Waals surface area contributed by atoms with Crippen molar-refractivity contribution in [1.82, 2.24) is 25.1 Å². The summed E-state index contributed by atoms with van der Waals surface area (Å²) in [6, 6.07) is 13.5. The van der Waals surface area contributed by atoms with Crippen molar-refractivity contribution in [2.75, 3.05) is 7.05 Å². The van der Waals surface area contributed by atoms with Crippen LogP contribution in [0.3, 0.4) is 0 Å². The van der Waals surface area contributed by atoms with E-state index in [4.69, 9.17) is 27.9 Å². The number of phenols is 1. The summed E-state index contributed by atoms with van der Waals surface area (Å²) in [4.78, 5) is 10.6. The first-order valence-electron chi connectivity index (χ1n) is 10.2. The zero-order valence-corrected chi connectivity index (χ0v) is 21.2. The quantitative estimate of drug-likeness (QED) is 0.286. The summed E-state index contributed by atoms with van der Waals surface area (Å²) in [5, 5.41) is 18.1. The van der Waals surface area contributed by atoms with Gasteiger partial charge >= 0.3 is 6.01 Å². The van der Waals surface area contributed by atoms with E-state index in [1.54, 1.807) is 18.3 Å². The largest absolute Gasteiger partial charge is 0.505 e. The number of phenolic OH excluding ortho intramolecular Hbond substituents is 1. The lowest BCUT2D eigenvalue weighted by Crippen LogP contribution is -2.17. The number of hydrogen-bond acceptors (Lipinski definition) is 7. The van der Waals surface area contributed by atoms with E-state index in [-0.39, 0.29) is 21.8 Å². The van der Waals surface area contributed by atoms with Crippen molar-refractivity contribution in [3.05, 3.63) is 92.3 Å². The molecule has 10 heteroatoms. The average Bonchev–Trinajstić information content (AvgIpc) is 2.82. The second-order valence-corrected chi connectivity index (χ2v) is 9.43. The molecule has 4 aromatic rings. The summed E-state index contributed by atoms with van der Waals surface area (Å²) >= 11 is 15.4. The third-order valence-electron chi connectivity index (χ3n) is 4.91. The minimum Gasteiger partial charge on any atom is -0.505 e. The van der Waals surface area contributed by atoms with Crippen LogP contribution in [0.25, 0.3) is 11.3 Å². The Hall–Kier alpha value is -2.78. The number of aromatic nitrogens is 4. The van der Waals surface area contributed by atoms with Crippen LogP contribution in [0.2, 0.25) is 10.0 Å². The van der Waals surface area contributed by atoms with Crippen LogP contribution in [0, 0.1) is 0 Å². The molecular weight excluding hydrogens is 541 g/mol. The number of pyridine rings is 1. The van der Waals surface area contributed by atoms with Crippen molar-refractivity contribution in [2.24, 2.45) is 0 Å². The van der Waals surface area contributed by atoms with Gasteiger partial charge in [-0.25, -0.2) is 4.98 Å². The molecule has 1 N–H and O–H groups in total. The second-order valence-electron chi connectivity index (χ2n) is 7.70. The van der Waals surface area contributed by atoms with E-state index in [0.717, 1.165) is 28.7 Å². The fourth-order valence-corrected chi connectivity index (χ4v) is 4.19. The number of rotatable bonds is 8. The fraction of sp³-hybridized carbons (Fsp3) is 0.167. The molecule has 0 aliphatic heterocycles. The van der Waals surface area contributed by atoms with Crippen molar-refractivity contribution in [2.45, 2.75) is 19.7 Å². The maximum atomic E-state index is 9.69. The van der Waals surface area contributed by atoms with Gasteiger partial charge in [0.05, 0.1) is 16.2 Å². The number of halogens is 3. The Balaban J connectivity index is 1.31. The van der Waals surface area contributed by atoms with Crippen LogP contribution in [0.1, 0.15) is 16.7 Å². The molecule has 0 saturated carbocycles. The van der Waals surface area contributed by atoms with Crippen LogP contribution < -0.4 is 4.74 Å². The lowest BCUT2D eigenvalue weighted by Gasteiger charge is -2.17. The molecule has 34 heavy (non-hydrogen) atoms. The molecule has 2 aromatic heterocycles. The van der Waals surface area contributed by atoms with Gasteiger partial charge < -0.3 is 9.84 Å². The smallest absolute Gasteiger partial charge is 0.336 e. The summed E-state index contributed by atoms with van der Waals surface area (Å²) in [6.45, 7) is 1.94. The summed E-state index contributed by atoms with van der Waals surface area (Å²) in [7, 11) is 2.08. The highest BCUT2D eigenvalue weighted by Crippen LogP contribution is 2.35. The number of benzene rings is 2. The summed E-state index contributed by atoms with van der Waals surface area (Å²) in [5.74, 6) is -0.174. The SMILES string of the molecule is CN(Cc1ccc(COc2ncc(-c3cc(Cl)c(O)c(Cl)c3)nn2)cc1)Cc1cncc(Br)c1. The minimum absolute atomic E-state index is 0.129. The molecule has 0 spiro atoms. The maximum absolute atomic E-state index is 9.69. The van der Waals surface area contributed by atoms with Gasteiger partial charge in [-0.3, -0.25) is 9.88 Å². The third-order valence-corrected chi connectivity index (χ3v) is 5.92. The molecule has 174 valence electrons. The summed E-state index contributed by atoms with van der Waals surface area (Å²) in [5.41, 5.74) is 4.40. The topological polar surface area (TPSA) is 84.3 Å². The van der Waals surface area contributed by atoms with Gasteiger partial charge in [-0.15, -0.1) is 5.10 Å². The van der Waals surface area contributed by atoms with Gasteiger partial charge in [0, 0.05) is 35.5 Å². The number of aromatic hydroxyl groups is 1. The predicted molar refractivity (Wildman–Crippen MR) is 135 cm³/mol. The van der Waals surface area contributed by atoms with Gasteiger partial charge in [-0.05, 0) is 57.9 Å². The van der Waals surface area contributed by atoms with Crippen LogP contribution in [0.4, 0.5) is 0 Å². The molecule has 0 amide bonds. The van der Waals surface area contributed by atoms with E-state index in [1.807, 2.05) is 18.3 Å². The zero-order chi connectivity index (χ0) is 24.1. The van der Waals surface area contributed by atoms with Crippen LogP contribution in [0.15, 0.2) is 65.5 Å². The normalized spacial score (nSPS) is 11.1. The Morgan fingerprint density at radius 1 is 0.912 bits per heavy atom. The average molecular weight is 561 g/mol. The van der Waals surface area contributed by atoms with Crippen molar-refractivity contribution >= 4 is 39.1 Å². The Bertz CT molecular complexity index is 1250. The third kappa shape index (κ3) is 6.42. The van der Waals surface area contributed by atoms with Gasteiger partial charge in [0.15, 0.2) is 5.75 Å². The minimum atomic E-state index is -0.174. The van der Waals surface area contributed by atoms with Crippen LogP contribution >= 0.6 is 39.1 Å². The Morgan fingerprint density at radius 3 is 2.24 bits per heavy atom. The monoisotopic (exact) mass is 559 g/mol. The van der Waals surface area contributed by atoms with Crippen molar-refractivity contribution in [3.63, 3.8) is 0 Å². The molecule has 0 atom stereocenters. The first-order chi connectivity index (χ1) is 16.4. The molecule has 0 aliphatic carbocycles. The van der Waals surface area contributed by atoms with E-state index in [0.29, 0.717) is 17.9 Å². The molecule has 0 aliphatic rings. The fourth-order valence-electron chi connectivity index (χ4n) is 3.29. The maximum Gasteiger partial charge on any atom is 0.336 e. The second kappa shape index (κ2) is 11.1. The first-order valence-corrected chi connectivity index (χ1v) is 11.8. The molecule has 0 radical (unpaired) electrons. The van der Waals surface area contributed by atoms with E-state index < -0.39 is 0 Å². The van der Waals surface area contributed by atoms with Gasteiger partial charge in [0.2, 0.25) is 0 Å². The van der Waals surface area contributed by atoms with Crippen LogP contribution in [-0.4, -0.2) is 37.2 Å². The van der Waals surface area contributed by atoms with E-state index in [1.165, 1.54) is 11.8 Å². The van der Waals surface area contributed by atoms with Crippen molar-refractivity contribution < 1.29 is 9.84 Å². The molecule has 2 heterocycles. The molecule has 0 unspecified atom stereocenters. The first kappa shape index (κ1) is 24.3. The zero-order valence-electron chi connectivity index (χ0n) is 18.1. The molecule has 0 fully saturated rings. The summed E-state index contributed by atoms with van der Waals surface area (Å²) in [6.07, 6.45) is 5.17. The van der Waals surface area contributed by atoms with Crippen molar-refractivity contribution in [1.29, 1.82) is 0 Å². The molecule has 0 saturated heterocycles. The summed E-state index contributed by atoms with van der Waals surface area (Å²) < 4.78 is 6.64. The Morgan fingerprint density at radius 2 is 1.59 bits per heavy atom. The Labute approximate surface area is 215 Å². The van der Waals surface area contributed by atoms with Crippen molar-refractivity contribution in [3.8, 4) is 23.0 Å². The predicted octanol–water partition coefficient (Wildman–Crippen LogP) is 5.92. The lowest BCUT2D eigenvalue weighted by atomic mass is 10.1. The number of ether oxygens (including phenoxy) is 1. The molecule has 2 aromatic carbocycles. The highest BCUT2D eigenvalue weighted by atomic mass is 79.9. The van der Waals surface area contributed by atoms with Crippen LogP contribution in [-0.2, 0) is 19.7 Å². The van der Waals surface area contributed by atoms with E-state index in [9.17, 15) is 5.11 Å². The highest BCUT2D eigenvalue weighted by molar-refractivity contribution is 9.10. The van der Waals surface area contributed by atoms with Gasteiger partial charge in [0.25, 0.3) is 0 Å². The molecule has 7 nitrogen and oxygen atoms in total. The van der Waals surface area contributed by atoms with Gasteiger partial charge in [-0.1, -0.05) is 52.6 Å². The van der Waals surface area contributed by atoms with Crippen LogP contribution in [0.5, 0.6) is 11.8 Å². The standard InChI is InChI=1S/C24H20BrCl2N5O2/c1-32(13-17-6-19(25)10-28-9-17)12-15-2-4-16(5-3-15)14-34-24-29-11-22(30-31-24)18-7-20(26)23(33)21(27)8-18/h2-11,33H,12-14H2,1H3.